The normalized spacial score (nSPS) is 27.9. The smallest absolute Gasteiger partial charge is 0.0372 e. The zero-order chi connectivity index (χ0) is 11.3. The molecule has 1 rings (SSSR count). The van der Waals surface area contributed by atoms with Gasteiger partial charge in [-0.25, -0.2) is 0 Å². The zero-order valence-corrected chi connectivity index (χ0v) is 10.3. The largest absolute Gasteiger partial charge is 0.305 e. The average molecular weight is 206 g/mol. The highest BCUT2D eigenvalue weighted by atomic mass is 15.1. The van der Waals surface area contributed by atoms with Crippen molar-refractivity contribution in [2.45, 2.75) is 27.2 Å². The third-order valence-corrected chi connectivity index (χ3v) is 2.75. The van der Waals surface area contributed by atoms with Gasteiger partial charge >= 0.3 is 0 Å². The van der Waals surface area contributed by atoms with Gasteiger partial charge in [0.1, 0.15) is 0 Å². The van der Waals surface area contributed by atoms with E-state index in [1.807, 2.05) is 19.1 Å². The van der Waals surface area contributed by atoms with Gasteiger partial charge in [0.15, 0.2) is 0 Å². The second-order valence-electron chi connectivity index (χ2n) is 4.35. The lowest BCUT2D eigenvalue weighted by molar-refractivity contribution is 0.299. The average Bonchev–Trinajstić information content (AvgIpc) is 2.19. The van der Waals surface area contributed by atoms with Crippen molar-refractivity contribution >= 4 is 5.71 Å². The van der Waals surface area contributed by atoms with Crippen LogP contribution in [-0.4, -0.2) is 30.7 Å². The number of hydrogen-bond donors (Lipinski definition) is 0. The van der Waals surface area contributed by atoms with E-state index < -0.39 is 0 Å². The second kappa shape index (κ2) is 5.86. The molecule has 0 bridgehead atoms. The number of nitrogens with zero attached hydrogens (tertiary/aromatic N) is 2. The molecule has 0 aromatic rings. The van der Waals surface area contributed by atoms with Crippen molar-refractivity contribution in [1.29, 1.82) is 0 Å². The zero-order valence-electron chi connectivity index (χ0n) is 10.3. The Morgan fingerprint density at radius 1 is 1.53 bits per heavy atom. The summed E-state index contributed by atoms with van der Waals surface area (Å²) in [5, 5.41) is 0. The van der Waals surface area contributed by atoms with Crippen LogP contribution in [0, 0.1) is 5.92 Å². The highest BCUT2D eigenvalue weighted by Gasteiger charge is 2.18. The SMILES string of the molecule is C/C=C\C=C(/C)N=C1CCN(C)CC1C. The summed E-state index contributed by atoms with van der Waals surface area (Å²) in [6.07, 6.45) is 7.25. The van der Waals surface area contributed by atoms with Crippen molar-refractivity contribution < 1.29 is 0 Å². The van der Waals surface area contributed by atoms with Gasteiger partial charge in [0.25, 0.3) is 0 Å². The lowest BCUT2D eigenvalue weighted by atomic mass is 9.98. The summed E-state index contributed by atoms with van der Waals surface area (Å²) in [5.41, 5.74) is 2.46. The van der Waals surface area contributed by atoms with Crippen LogP contribution < -0.4 is 0 Å². The van der Waals surface area contributed by atoms with Crippen LogP contribution in [0.15, 0.2) is 28.9 Å². The van der Waals surface area contributed by atoms with Crippen molar-refractivity contribution in [3.05, 3.63) is 23.9 Å². The lowest BCUT2D eigenvalue weighted by Crippen LogP contribution is -2.36. The van der Waals surface area contributed by atoms with Gasteiger partial charge in [0.05, 0.1) is 0 Å². The van der Waals surface area contributed by atoms with E-state index >= 15 is 0 Å². The summed E-state index contributed by atoms with van der Waals surface area (Å²) in [5.74, 6) is 0.595. The van der Waals surface area contributed by atoms with Crippen molar-refractivity contribution in [3.63, 3.8) is 0 Å². The van der Waals surface area contributed by atoms with Crippen LogP contribution in [-0.2, 0) is 0 Å². The molecule has 1 fully saturated rings. The summed E-state index contributed by atoms with van der Waals surface area (Å²) in [4.78, 5) is 7.06. The number of likely N-dealkylation sites (tertiary alicyclic amines) is 1. The topological polar surface area (TPSA) is 15.6 Å². The van der Waals surface area contributed by atoms with Gasteiger partial charge in [-0.2, -0.15) is 0 Å². The van der Waals surface area contributed by atoms with Crippen LogP contribution in [0.4, 0.5) is 0 Å². The standard InChI is InChI=1S/C13H22N2/c1-5-6-7-12(3)14-13-8-9-15(4)10-11(13)2/h5-7,11H,8-10H2,1-4H3/b6-5-,12-7+,14-13?. The van der Waals surface area contributed by atoms with Crippen molar-refractivity contribution in [1.82, 2.24) is 4.90 Å². The first-order valence-electron chi connectivity index (χ1n) is 5.69. The Morgan fingerprint density at radius 2 is 2.27 bits per heavy atom. The first kappa shape index (κ1) is 12.2. The molecule has 1 aliphatic heterocycles. The Kier molecular flexibility index (Phi) is 4.76. The fourth-order valence-electron chi connectivity index (χ4n) is 1.88. The molecule has 1 unspecified atom stereocenters. The molecule has 15 heavy (non-hydrogen) atoms. The molecule has 1 heterocycles. The van der Waals surface area contributed by atoms with Crippen LogP contribution >= 0.6 is 0 Å². The molecule has 0 saturated carbocycles. The summed E-state index contributed by atoms with van der Waals surface area (Å²) in [7, 11) is 2.18. The Balaban J connectivity index is 2.66. The van der Waals surface area contributed by atoms with Crippen molar-refractivity contribution in [2.75, 3.05) is 20.1 Å². The highest BCUT2D eigenvalue weighted by molar-refractivity contribution is 5.88. The monoisotopic (exact) mass is 206 g/mol. The third-order valence-electron chi connectivity index (χ3n) is 2.75. The van der Waals surface area contributed by atoms with E-state index in [-0.39, 0.29) is 0 Å². The molecule has 0 aromatic heterocycles. The van der Waals surface area contributed by atoms with Crippen LogP contribution in [0.25, 0.3) is 0 Å². The quantitative estimate of drug-likeness (QED) is 0.634. The van der Waals surface area contributed by atoms with E-state index in [1.54, 1.807) is 0 Å². The summed E-state index contributed by atoms with van der Waals surface area (Å²) in [6, 6.07) is 0. The Morgan fingerprint density at radius 3 is 2.87 bits per heavy atom. The minimum absolute atomic E-state index is 0.595. The first-order chi connectivity index (χ1) is 7.13. The van der Waals surface area contributed by atoms with Gasteiger partial charge in [0.2, 0.25) is 0 Å². The van der Waals surface area contributed by atoms with Crippen molar-refractivity contribution in [2.24, 2.45) is 10.9 Å². The van der Waals surface area contributed by atoms with Crippen LogP contribution in [0.1, 0.15) is 27.2 Å². The highest BCUT2D eigenvalue weighted by Crippen LogP contribution is 2.14. The summed E-state index contributed by atoms with van der Waals surface area (Å²) >= 11 is 0. The van der Waals surface area contributed by atoms with E-state index in [0.29, 0.717) is 5.92 Å². The summed E-state index contributed by atoms with van der Waals surface area (Å²) in [6.45, 7) is 8.63. The molecule has 0 amide bonds. The maximum atomic E-state index is 4.69. The molecule has 84 valence electrons. The van der Waals surface area contributed by atoms with Gasteiger partial charge < -0.3 is 4.90 Å². The van der Waals surface area contributed by atoms with Crippen LogP contribution in [0.5, 0.6) is 0 Å². The van der Waals surface area contributed by atoms with Gasteiger partial charge in [0, 0.05) is 30.4 Å². The van der Waals surface area contributed by atoms with E-state index in [4.69, 9.17) is 0 Å². The molecule has 1 saturated heterocycles. The number of rotatable bonds is 2. The number of aliphatic imine (C=N–C) groups is 1. The second-order valence-corrected chi connectivity index (χ2v) is 4.35. The third kappa shape index (κ3) is 4.00. The van der Waals surface area contributed by atoms with E-state index in [0.717, 1.165) is 25.2 Å². The maximum absolute atomic E-state index is 4.69. The van der Waals surface area contributed by atoms with E-state index in [2.05, 4.69) is 36.9 Å². The Bertz CT molecular complexity index is 287. The predicted octanol–water partition coefficient (Wildman–Crippen LogP) is 2.88. The molecule has 0 aromatic carbocycles. The number of hydrogen-bond acceptors (Lipinski definition) is 2. The minimum Gasteiger partial charge on any atom is -0.305 e. The lowest BCUT2D eigenvalue weighted by Gasteiger charge is -2.28. The molecule has 2 nitrogen and oxygen atoms in total. The molecular formula is C13H22N2. The molecule has 1 aliphatic rings. The number of piperidine rings is 1. The fraction of sp³-hybridized carbons (Fsp3) is 0.615. The Hall–Kier alpha value is -0.890. The fourth-order valence-corrected chi connectivity index (χ4v) is 1.88. The molecule has 0 radical (unpaired) electrons. The van der Waals surface area contributed by atoms with Crippen molar-refractivity contribution in [3.8, 4) is 0 Å². The molecule has 0 spiro atoms. The molecule has 0 aliphatic carbocycles. The number of allylic oxidation sites excluding steroid dienone is 4. The first-order valence-corrected chi connectivity index (χ1v) is 5.69. The van der Waals surface area contributed by atoms with Gasteiger partial charge in [-0.15, -0.1) is 0 Å². The van der Waals surface area contributed by atoms with Gasteiger partial charge in [-0.05, 0) is 33.4 Å². The van der Waals surface area contributed by atoms with Crippen LogP contribution in [0.3, 0.4) is 0 Å². The van der Waals surface area contributed by atoms with Gasteiger partial charge in [-0.1, -0.05) is 19.1 Å². The molecule has 0 N–H and O–H groups in total. The molecule has 1 atom stereocenters. The van der Waals surface area contributed by atoms with E-state index in [9.17, 15) is 0 Å². The predicted molar refractivity (Wildman–Crippen MR) is 67.3 cm³/mol. The molecule has 2 heteroatoms. The molecular weight excluding hydrogens is 184 g/mol. The maximum Gasteiger partial charge on any atom is 0.0372 e. The Labute approximate surface area is 93.4 Å². The minimum atomic E-state index is 0.595. The van der Waals surface area contributed by atoms with Gasteiger partial charge in [-0.3, -0.25) is 4.99 Å². The van der Waals surface area contributed by atoms with E-state index in [1.165, 1.54) is 5.71 Å². The summed E-state index contributed by atoms with van der Waals surface area (Å²) < 4.78 is 0. The van der Waals surface area contributed by atoms with Crippen LogP contribution in [0.2, 0.25) is 0 Å².